The highest BCUT2D eigenvalue weighted by Gasteiger charge is 2.35. The lowest BCUT2D eigenvalue weighted by Crippen LogP contribution is -2.42. The molecule has 0 aliphatic carbocycles. The molecule has 8 heteroatoms. The number of likely N-dealkylation sites (tertiary alicyclic amines) is 1. The average molecular weight is 420 g/mol. The van der Waals surface area contributed by atoms with Gasteiger partial charge in [-0.25, -0.2) is 8.78 Å². The Balaban J connectivity index is 1.51. The Bertz CT molecular complexity index is 1370. The summed E-state index contributed by atoms with van der Waals surface area (Å²) < 4.78 is 26.8. The number of aromatic nitrogens is 3. The second-order valence-corrected chi connectivity index (χ2v) is 7.71. The first-order chi connectivity index (χ1) is 14.9. The Kier molecular flexibility index (Phi) is 4.50. The van der Waals surface area contributed by atoms with Gasteiger partial charge in [-0.1, -0.05) is 18.2 Å². The molecule has 156 valence electrons. The summed E-state index contributed by atoms with van der Waals surface area (Å²) in [5.41, 5.74) is 2.27. The van der Waals surface area contributed by atoms with Crippen LogP contribution < -0.4 is 5.56 Å². The fourth-order valence-corrected chi connectivity index (χ4v) is 3.93. The number of nitrogens with zero attached hydrogens (tertiary/aromatic N) is 3. The number of carbonyl (C=O) groups is 1. The van der Waals surface area contributed by atoms with Crippen LogP contribution in [0.2, 0.25) is 0 Å². The molecule has 0 spiro atoms. The number of H-pyrrole nitrogens is 1. The van der Waals surface area contributed by atoms with Crippen LogP contribution in [0.3, 0.4) is 0 Å². The van der Waals surface area contributed by atoms with Gasteiger partial charge in [-0.05, 0) is 23.6 Å². The maximum absolute atomic E-state index is 13.4. The lowest BCUT2D eigenvalue weighted by atomic mass is 10.0. The lowest BCUT2D eigenvalue weighted by molar-refractivity contribution is -0.0494. The van der Waals surface area contributed by atoms with E-state index in [1.807, 2.05) is 24.3 Å². The van der Waals surface area contributed by atoms with E-state index in [4.69, 9.17) is 0 Å². The molecule has 3 aromatic heterocycles. The van der Waals surface area contributed by atoms with Crippen LogP contribution in [0.5, 0.6) is 0 Å². The summed E-state index contributed by atoms with van der Waals surface area (Å²) in [4.78, 5) is 37.7. The molecule has 1 aliphatic rings. The van der Waals surface area contributed by atoms with E-state index in [1.54, 1.807) is 18.3 Å². The summed E-state index contributed by atoms with van der Waals surface area (Å²) in [5, 5.41) is 2.01. The third-order valence-corrected chi connectivity index (χ3v) is 5.67. The van der Waals surface area contributed by atoms with Gasteiger partial charge in [0.2, 0.25) is 0 Å². The molecule has 1 amide bonds. The molecule has 31 heavy (non-hydrogen) atoms. The van der Waals surface area contributed by atoms with Gasteiger partial charge in [-0.15, -0.1) is 0 Å². The first kappa shape index (κ1) is 19.3. The Morgan fingerprint density at radius 3 is 2.65 bits per heavy atom. The number of hydrogen-bond donors (Lipinski definition) is 1. The van der Waals surface area contributed by atoms with Gasteiger partial charge in [0, 0.05) is 55.5 Å². The largest absolute Gasteiger partial charge is 0.338 e. The molecule has 1 N–H and O–H groups in total. The van der Waals surface area contributed by atoms with Gasteiger partial charge in [0.1, 0.15) is 0 Å². The van der Waals surface area contributed by atoms with Crippen molar-refractivity contribution < 1.29 is 13.6 Å². The molecule has 5 rings (SSSR count). The molecule has 1 saturated heterocycles. The standard InChI is InChI=1S/C23H18F2N4O2/c24-23(25)5-8-29(9-6-23)22(31)16-10-15-2-1-3-17(20(15)28-12-16)19-11-14-4-7-26-21(30)18(14)13-27-19/h1-4,7,10-13H,5-6,8-9H2,(H,26,30). The molecule has 4 aromatic rings. The van der Waals surface area contributed by atoms with Crippen molar-refractivity contribution in [2.45, 2.75) is 18.8 Å². The van der Waals surface area contributed by atoms with Crippen LogP contribution in [0.4, 0.5) is 8.78 Å². The van der Waals surface area contributed by atoms with Crippen molar-refractivity contribution >= 4 is 27.6 Å². The quantitative estimate of drug-likeness (QED) is 0.532. The van der Waals surface area contributed by atoms with Crippen LogP contribution >= 0.6 is 0 Å². The van der Waals surface area contributed by atoms with Crippen LogP contribution in [0.25, 0.3) is 32.9 Å². The molecule has 0 bridgehead atoms. The first-order valence-electron chi connectivity index (χ1n) is 9.95. The monoisotopic (exact) mass is 420 g/mol. The lowest BCUT2D eigenvalue weighted by Gasteiger charge is -2.31. The minimum absolute atomic E-state index is 0.0318. The highest BCUT2D eigenvalue weighted by Crippen LogP contribution is 2.30. The van der Waals surface area contributed by atoms with Crippen molar-refractivity contribution in [2.24, 2.45) is 0 Å². The number of para-hydroxylation sites is 1. The third kappa shape index (κ3) is 3.54. The number of piperidine rings is 1. The number of pyridine rings is 3. The maximum Gasteiger partial charge on any atom is 0.257 e. The summed E-state index contributed by atoms with van der Waals surface area (Å²) in [5.74, 6) is -3.00. The van der Waals surface area contributed by atoms with Crippen LogP contribution in [0.1, 0.15) is 23.2 Å². The van der Waals surface area contributed by atoms with Crippen molar-refractivity contribution in [3.05, 3.63) is 70.9 Å². The Morgan fingerprint density at radius 1 is 1.03 bits per heavy atom. The molecule has 0 saturated carbocycles. The van der Waals surface area contributed by atoms with Crippen LogP contribution in [-0.2, 0) is 0 Å². The predicted octanol–water partition coefficient (Wildman–Crippen LogP) is 4.01. The number of hydrogen-bond acceptors (Lipinski definition) is 4. The van der Waals surface area contributed by atoms with Crippen molar-refractivity contribution in [1.29, 1.82) is 0 Å². The maximum atomic E-state index is 13.4. The number of amides is 1. The number of nitrogens with one attached hydrogen (secondary N) is 1. The zero-order valence-corrected chi connectivity index (χ0v) is 16.4. The van der Waals surface area contributed by atoms with E-state index in [1.165, 1.54) is 17.3 Å². The number of carbonyl (C=O) groups excluding carboxylic acids is 1. The summed E-state index contributed by atoms with van der Waals surface area (Å²) in [6.45, 7) is 0.0636. The first-order valence-corrected chi connectivity index (χ1v) is 9.95. The summed E-state index contributed by atoms with van der Waals surface area (Å²) >= 11 is 0. The van der Waals surface area contributed by atoms with Crippen molar-refractivity contribution in [1.82, 2.24) is 19.9 Å². The Hall–Kier alpha value is -3.68. The van der Waals surface area contributed by atoms with Gasteiger partial charge < -0.3 is 9.88 Å². The zero-order chi connectivity index (χ0) is 21.6. The molecule has 0 unspecified atom stereocenters. The van der Waals surface area contributed by atoms with Crippen LogP contribution in [0, 0.1) is 0 Å². The Labute approximate surface area is 175 Å². The van der Waals surface area contributed by atoms with Crippen molar-refractivity contribution in [3.8, 4) is 11.3 Å². The molecule has 1 aromatic carbocycles. The summed E-state index contributed by atoms with van der Waals surface area (Å²) in [7, 11) is 0. The summed E-state index contributed by atoms with van der Waals surface area (Å²) in [6, 6.07) is 10.9. The van der Waals surface area contributed by atoms with E-state index in [0.717, 1.165) is 16.3 Å². The number of aromatic amines is 1. The van der Waals surface area contributed by atoms with E-state index in [2.05, 4.69) is 15.0 Å². The number of halogens is 2. The van der Waals surface area contributed by atoms with Gasteiger partial charge in [0.05, 0.1) is 22.2 Å². The predicted molar refractivity (Wildman–Crippen MR) is 113 cm³/mol. The topological polar surface area (TPSA) is 79.0 Å². The van der Waals surface area contributed by atoms with Crippen LogP contribution in [0.15, 0.2) is 59.8 Å². The van der Waals surface area contributed by atoms with E-state index in [0.29, 0.717) is 22.2 Å². The fourth-order valence-electron chi connectivity index (χ4n) is 3.93. The van der Waals surface area contributed by atoms with Crippen LogP contribution in [-0.4, -0.2) is 44.8 Å². The van der Waals surface area contributed by atoms with Crippen molar-refractivity contribution in [2.75, 3.05) is 13.1 Å². The number of rotatable bonds is 2. The highest BCUT2D eigenvalue weighted by molar-refractivity contribution is 6.00. The SMILES string of the molecule is O=C(c1cnc2c(-c3cc4cc[nH]c(=O)c4cn3)cccc2c1)N1CCC(F)(F)CC1. The second kappa shape index (κ2) is 7.23. The molecule has 0 atom stereocenters. The number of fused-ring (bicyclic) bond motifs is 2. The minimum Gasteiger partial charge on any atom is -0.338 e. The molecular formula is C23H18F2N4O2. The van der Waals surface area contributed by atoms with E-state index >= 15 is 0 Å². The smallest absolute Gasteiger partial charge is 0.257 e. The zero-order valence-electron chi connectivity index (χ0n) is 16.4. The number of alkyl halides is 2. The summed E-state index contributed by atoms with van der Waals surface area (Å²) in [6.07, 6.45) is 3.96. The average Bonchev–Trinajstić information content (AvgIpc) is 2.78. The molecule has 1 aliphatic heterocycles. The van der Waals surface area contributed by atoms with E-state index in [-0.39, 0.29) is 37.4 Å². The van der Waals surface area contributed by atoms with Crippen molar-refractivity contribution in [3.63, 3.8) is 0 Å². The Morgan fingerprint density at radius 2 is 1.84 bits per heavy atom. The molecular weight excluding hydrogens is 402 g/mol. The molecule has 4 heterocycles. The van der Waals surface area contributed by atoms with Gasteiger partial charge in [0.15, 0.2) is 0 Å². The second-order valence-electron chi connectivity index (χ2n) is 7.71. The molecule has 6 nitrogen and oxygen atoms in total. The van der Waals surface area contributed by atoms with Gasteiger partial charge in [-0.2, -0.15) is 0 Å². The molecule has 0 radical (unpaired) electrons. The number of benzene rings is 1. The molecule has 1 fully saturated rings. The van der Waals surface area contributed by atoms with Gasteiger partial charge in [-0.3, -0.25) is 19.6 Å². The highest BCUT2D eigenvalue weighted by atomic mass is 19.3. The fraction of sp³-hybridized carbons (Fsp3) is 0.217. The third-order valence-electron chi connectivity index (χ3n) is 5.67. The van der Waals surface area contributed by atoms with Gasteiger partial charge in [0.25, 0.3) is 17.4 Å². The van der Waals surface area contributed by atoms with E-state index in [9.17, 15) is 18.4 Å². The normalized spacial score (nSPS) is 16.0. The van der Waals surface area contributed by atoms with E-state index < -0.39 is 5.92 Å². The van der Waals surface area contributed by atoms with Gasteiger partial charge >= 0.3 is 0 Å². The minimum atomic E-state index is -2.70.